The maximum Gasteiger partial charge on any atom is 0.0595 e. The highest BCUT2D eigenvalue weighted by molar-refractivity contribution is 6.42. The van der Waals surface area contributed by atoms with Crippen molar-refractivity contribution in [2.45, 2.75) is 51.5 Å². The molecule has 0 aliphatic heterocycles. The van der Waals surface area contributed by atoms with E-state index in [1.165, 1.54) is 18.4 Å². The monoisotopic (exact) mass is 299 g/mol. The zero-order chi connectivity index (χ0) is 14.0. The molecule has 2 N–H and O–H groups in total. The van der Waals surface area contributed by atoms with Crippen molar-refractivity contribution in [2.75, 3.05) is 0 Å². The summed E-state index contributed by atoms with van der Waals surface area (Å²) in [5, 5.41) is 1.24. The van der Waals surface area contributed by atoms with Crippen LogP contribution in [-0.2, 0) is 6.42 Å². The van der Waals surface area contributed by atoms with Gasteiger partial charge in [-0.3, -0.25) is 0 Å². The van der Waals surface area contributed by atoms with Crippen molar-refractivity contribution in [1.29, 1.82) is 0 Å². The molecule has 0 radical (unpaired) electrons. The SMILES string of the molecule is CC(C)C1CCCC(N)(Cc2ccc(Cl)c(Cl)c2)C1. The van der Waals surface area contributed by atoms with Gasteiger partial charge >= 0.3 is 0 Å². The van der Waals surface area contributed by atoms with Crippen molar-refractivity contribution >= 4 is 23.2 Å². The first-order chi connectivity index (χ1) is 8.89. The molecule has 1 aromatic rings. The normalized spacial score (nSPS) is 27.8. The maximum absolute atomic E-state index is 6.63. The molecule has 0 heterocycles. The third-order valence-corrected chi connectivity index (χ3v) is 5.14. The number of rotatable bonds is 3. The molecule has 19 heavy (non-hydrogen) atoms. The minimum atomic E-state index is -0.0790. The Bertz CT molecular complexity index is 444. The van der Waals surface area contributed by atoms with Gasteiger partial charge in [0.15, 0.2) is 0 Å². The molecule has 2 rings (SSSR count). The highest BCUT2D eigenvalue weighted by Gasteiger charge is 2.34. The fourth-order valence-electron chi connectivity index (χ4n) is 3.23. The van der Waals surface area contributed by atoms with Crippen LogP contribution in [0.15, 0.2) is 18.2 Å². The minimum Gasteiger partial charge on any atom is -0.325 e. The Labute approximate surface area is 126 Å². The van der Waals surface area contributed by atoms with Crippen molar-refractivity contribution in [1.82, 2.24) is 0 Å². The third-order valence-electron chi connectivity index (χ3n) is 4.40. The summed E-state index contributed by atoms with van der Waals surface area (Å²) < 4.78 is 0. The molecule has 0 saturated heterocycles. The summed E-state index contributed by atoms with van der Waals surface area (Å²) in [7, 11) is 0. The summed E-state index contributed by atoms with van der Waals surface area (Å²) in [6.45, 7) is 4.60. The van der Waals surface area contributed by atoms with E-state index in [2.05, 4.69) is 13.8 Å². The summed E-state index contributed by atoms with van der Waals surface area (Å²) in [6.07, 6.45) is 5.67. The van der Waals surface area contributed by atoms with Crippen LogP contribution in [0.3, 0.4) is 0 Å². The zero-order valence-corrected chi connectivity index (χ0v) is 13.3. The molecule has 0 aromatic heterocycles. The molecule has 1 aromatic carbocycles. The van der Waals surface area contributed by atoms with Crippen LogP contribution in [0.5, 0.6) is 0 Å². The van der Waals surface area contributed by atoms with Crippen molar-refractivity contribution < 1.29 is 0 Å². The molecule has 0 spiro atoms. The van der Waals surface area contributed by atoms with E-state index in [9.17, 15) is 0 Å². The number of hydrogen-bond acceptors (Lipinski definition) is 1. The van der Waals surface area contributed by atoms with Crippen molar-refractivity contribution in [3.05, 3.63) is 33.8 Å². The molecule has 0 bridgehead atoms. The van der Waals surface area contributed by atoms with Gasteiger partial charge in [0.2, 0.25) is 0 Å². The Kier molecular flexibility index (Phi) is 4.81. The Hall–Kier alpha value is -0.240. The van der Waals surface area contributed by atoms with Crippen LogP contribution in [-0.4, -0.2) is 5.54 Å². The smallest absolute Gasteiger partial charge is 0.0595 e. The maximum atomic E-state index is 6.63. The lowest BCUT2D eigenvalue weighted by Crippen LogP contribution is -2.47. The Morgan fingerprint density at radius 3 is 2.68 bits per heavy atom. The van der Waals surface area contributed by atoms with Gasteiger partial charge in [-0.25, -0.2) is 0 Å². The van der Waals surface area contributed by atoms with Gasteiger partial charge in [0.25, 0.3) is 0 Å². The van der Waals surface area contributed by atoms with Crippen LogP contribution in [0.2, 0.25) is 10.0 Å². The Balaban J connectivity index is 2.09. The molecule has 0 amide bonds. The average molecular weight is 300 g/mol. The fourth-order valence-corrected chi connectivity index (χ4v) is 3.55. The quantitative estimate of drug-likeness (QED) is 0.827. The highest BCUT2D eigenvalue weighted by Crippen LogP contribution is 2.37. The van der Waals surface area contributed by atoms with E-state index < -0.39 is 0 Å². The molecular formula is C16H23Cl2N. The summed E-state index contributed by atoms with van der Waals surface area (Å²) in [6, 6.07) is 5.87. The van der Waals surface area contributed by atoms with E-state index in [0.717, 1.165) is 31.1 Å². The van der Waals surface area contributed by atoms with Crippen LogP contribution >= 0.6 is 23.2 Å². The third kappa shape index (κ3) is 3.87. The van der Waals surface area contributed by atoms with E-state index in [0.29, 0.717) is 10.0 Å². The van der Waals surface area contributed by atoms with Gasteiger partial charge in [0.1, 0.15) is 0 Å². The minimum absolute atomic E-state index is 0.0790. The lowest BCUT2D eigenvalue weighted by molar-refractivity contribution is 0.182. The van der Waals surface area contributed by atoms with Gasteiger partial charge < -0.3 is 5.73 Å². The van der Waals surface area contributed by atoms with Crippen molar-refractivity contribution in [2.24, 2.45) is 17.6 Å². The molecular weight excluding hydrogens is 277 g/mol. The molecule has 1 saturated carbocycles. The van der Waals surface area contributed by atoms with Crippen LogP contribution < -0.4 is 5.73 Å². The number of nitrogens with two attached hydrogens (primary N) is 1. The van der Waals surface area contributed by atoms with E-state index >= 15 is 0 Å². The predicted molar refractivity (Wildman–Crippen MR) is 83.9 cm³/mol. The second-order valence-corrected chi connectivity index (χ2v) is 7.20. The number of benzene rings is 1. The summed E-state index contributed by atoms with van der Waals surface area (Å²) in [5.74, 6) is 1.47. The van der Waals surface area contributed by atoms with Crippen LogP contribution in [0.25, 0.3) is 0 Å². The fraction of sp³-hybridized carbons (Fsp3) is 0.625. The lowest BCUT2D eigenvalue weighted by atomic mass is 9.70. The zero-order valence-electron chi connectivity index (χ0n) is 11.8. The van der Waals surface area contributed by atoms with Crippen molar-refractivity contribution in [3.8, 4) is 0 Å². The molecule has 1 nitrogen and oxygen atoms in total. The molecule has 106 valence electrons. The van der Waals surface area contributed by atoms with Crippen LogP contribution in [0.1, 0.15) is 45.1 Å². The molecule has 2 atom stereocenters. The molecule has 1 aliphatic carbocycles. The highest BCUT2D eigenvalue weighted by atomic mass is 35.5. The van der Waals surface area contributed by atoms with Gasteiger partial charge in [-0.1, -0.05) is 56.0 Å². The summed E-state index contributed by atoms with van der Waals surface area (Å²) in [5.41, 5.74) is 7.75. The van der Waals surface area contributed by atoms with Gasteiger partial charge in [-0.2, -0.15) is 0 Å². The van der Waals surface area contributed by atoms with Gasteiger partial charge in [-0.05, 0) is 48.8 Å². The molecule has 3 heteroatoms. The van der Waals surface area contributed by atoms with Crippen molar-refractivity contribution in [3.63, 3.8) is 0 Å². The van der Waals surface area contributed by atoms with E-state index in [4.69, 9.17) is 28.9 Å². The number of hydrogen-bond donors (Lipinski definition) is 1. The van der Waals surface area contributed by atoms with Crippen LogP contribution in [0, 0.1) is 11.8 Å². The first kappa shape index (κ1) is 15.2. The number of halogens is 2. The molecule has 2 unspecified atom stereocenters. The molecule has 1 aliphatic rings. The topological polar surface area (TPSA) is 26.0 Å². The summed E-state index contributed by atoms with van der Waals surface area (Å²) >= 11 is 12.0. The Morgan fingerprint density at radius 1 is 1.32 bits per heavy atom. The van der Waals surface area contributed by atoms with Gasteiger partial charge in [-0.15, -0.1) is 0 Å². The van der Waals surface area contributed by atoms with E-state index in [-0.39, 0.29) is 5.54 Å². The Morgan fingerprint density at radius 2 is 2.05 bits per heavy atom. The second-order valence-electron chi connectivity index (χ2n) is 6.39. The van der Waals surface area contributed by atoms with E-state index in [1.54, 1.807) is 0 Å². The summed E-state index contributed by atoms with van der Waals surface area (Å²) in [4.78, 5) is 0. The van der Waals surface area contributed by atoms with Crippen LogP contribution in [0.4, 0.5) is 0 Å². The van der Waals surface area contributed by atoms with Gasteiger partial charge in [0, 0.05) is 5.54 Å². The standard InChI is InChI=1S/C16H23Cl2N/c1-11(2)13-4-3-7-16(19,10-13)9-12-5-6-14(17)15(18)8-12/h5-6,8,11,13H,3-4,7,9-10,19H2,1-2H3. The van der Waals surface area contributed by atoms with Gasteiger partial charge in [0.05, 0.1) is 10.0 Å². The lowest BCUT2D eigenvalue weighted by Gasteiger charge is -2.40. The van der Waals surface area contributed by atoms with E-state index in [1.807, 2.05) is 18.2 Å². The first-order valence-corrected chi connectivity index (χ1v) is 7.88. The largest absolute Gasteiger partial charge is 0.325 e. The molecule has 1 fully saturated rings. The second kappa shape index (κ2) is 6.03. The predicted octanol–water partition coefficient (Wildman–Crippen LogP) is 5.08. The average Bonchev–Trinajstić information content (AvgIpc) is 2.33. The first-order valence-electron chi connectivity index (χ1n) is 7.12.